The van der Waals surface area contributed by atoms with Crippen LogP contribution >= 0.6 is 0 Å². The highest BCUT2D eigenvalue weighted by Gasteiger charge is 2.27. The minimum absolute atomic E-state index is 0.129. The Morgan fingerprint density at radius 1 is 1.39 bits per heavy atom. The minimum Gasteiger partial charge on any atom is -0.395 e. The first-order valence-electron chi connectivity index (χ1n) is 6.36. The number of nitrogens with one attached hydrogen (secondary N) is 1. The summed E-state index contributed by atoms with van der Waals surface area (Å²) in [7, 11) is 0. The predicted octanol–water partition coefficient (Wildman–Crippen LogP) is 0.730. The smallest absolute Gasteiger partial charge is 0.148 e. The molecule has 1 aromatic rings. The molecule has 1 saturated carbocycles. The molecule has 1 aliphatic carbocycles. The fourth-order valence-corrected chi connectivity index (χ4v) is 2.30. The van der Waals surface area contributed by atoms with Crippen molar-refractivity contribution in [2.75, 3.05) is 23.5 Å². The van der Waals surface area contributed by atoms with Crippen LogP contribution in [-0.4, -0.2) is 34.3 Å². The van der Waals surface area contributed by atoms with Crippen LogP contribution in [0.1, 0.15) is 30.7 Å². The van der Waals surface area contributed by atoms with E-state index in [0.29, 0.717) is 24.2 Å². The first-order chi connectivity index (χ1) is 8.67. The van der Waals surface area contributed by atoms with Crippen LogP contribution in [0.15, 0.2) is 0 Å². The molecule has 1 aromatic heterocycles. The summed E-state index contributed by atoms with van der Waals surface area (Å²) in [5.41, 5.74) is 3.54. The Labute approximate surface area is 107 Å². The van der Waals surface area contributed by atoms with Crippen LogP contribution < -0.4 is 16.2 Å². The van der Waals surface area contributed by atoms with E-state index >= 15 is 0 Å². The number of rotatable bonds is 5. The predicted molar refractivity (Wildman–Crippen MR) is 71.4 cm³/mol. The Balaban J connectivity index is 2.36. The number of nitrogens with zero attached hydrogens (tertiary/aromatic N) is 3. The van der Waals surface area contributed by atoms with Gasteiger partial charge in [-0.1, -0.05) is 0 Å². The maximum Gasteiger partial charge on any atom is 0.148 e. The topological polar surface area (TPSA) is 87.3 Å². The van der Waals surface area contributed by atoms with Crippen LogP contribution in [0.5, 0.6) is 0 Å². The van der Waals surface area contributed by atoms with Gasteiger partial charge < -0.3 is 15.4 Å². The Hall–Kier alpha value is -1.40. The maximum atomic E-state index is 9.23. The maximum absolute atomic E-state index is 9.23. The van der Waals surface area contributed by atoms with Crippen molar-refractivity contribution >= 4 is 11.6 Å². The highest BCUT2D eigenvalue weighted by atomic mass is 16.3. The molecule has 0 atom stereocenters. The van der Waals surface area contributed by atoms with E-state index in [1.54, 1.807) is 0 Å². The van der Waals surface area contributed by atoms with Gasteiger partial charge >= 0.3 is 0 Å². The number of nitrogen functional groups attached to an aromatic ring is 1. The van der Waals surface area contributed by atoms with Gasteiger partial charge in [0.15, 0.2) is 0 Å². The largest absolute Gasteiger partial charge is 0.395 e. The third kappa shape index (κ3) is 2.39. The average Bonchev–Trinajstić information content (AvgIpc) is 2.29. The summed E-state index contributed by atoms with van der Waals surface area (Å²) in [5.74, 6) is 7.70. The standard InChI is InChI=1S/C12H21N5O/c1-8-11(16-13)14-9(2)15-12(8)17(6-7-18)10-4-3-5-10/h10,18H,3-7,13H2,1-2H3,(H,14,15,16). The minimum atomic E-state index is 0.129. The van der Waals surface area contributed by atoms with Crippen molar-refractivity contribution in [1.82, 2.24) is 9.97 Å². The number of aliphatic hydroxyl groups excluding tert-OH is 1. The molecular formula is C12H21N5O. The molecule has 0 aliphatic heterocycles. The van der Waals surface area contributed by atoms with Gasteiger partial charge in [0, 0.05) is 18.2 Å². The number of aryl methyl sites for hydroxylation is 1. The van der Waals surface area contributed by atoms with Gasteiger partial charge in [-0.15, -0.1) is 0 Å². The first-order valence-corrected chi connectivity index (χ1v) is 6.36. The van der Waals surface area contributed by atoms with Crippen molar-refractivity contribution in [3.05, 3.63) is 11.4 Å². The van der Waals surface area contributed by atoms with Crippen LogP contribution in [0, 0.1) is 13.8 Å². The van der Waals surface area contributed by atoms with E-state index in [0.717, 1.165) is 24.2 Å². The van der Waals surface area contributed by atoms with Crippen LogP contribution in [0.2, 0.25) is 0 Å². The van der Waals surface area contributed by atoms with Gasteiger partial charge in [-0.3, -0.25) is 0 Å². The Morgan fingerprint density at radius 3 is 2.61 bits per heavy atom. The number of hydrazine groups is 1. The molecule has 0 unspecified atom stereocenters. The number of aromatic nitrogens is 2. The Morgan fingerprint density at radius 2 is 2.11 bits per heavy atom. The van der Waals surface area contributed by atoms with E-state index in [-0.39, 0.29) is 6.61 Å². The molecule has 1 fully saturated rings. The van der Waals surface area contributed by atoms with Gasteiger partial charge in [-0.05, 0) is 33.1 Å². The third-order valence-corrected chi connectivity index (χ3v) is 3.50. The van der Waals surface area contributed by atoms with Crippen LogP contribution in [0.4, 0.5) is 11.6 Å². The molecule has 1 aliphatic rings. The van der Waals surface area contributed by atoms with E-state index < -0.39 is 0 Å². The highest BCUT2D eigenvalue weighted by Crippen LogP contribution is 2.31. The molecule has 0 aromatic carbocycles. The molecule has 6 nitrogen and oxygen atoms in total. The lowest BCUT2D eigenvalue weighted by atomic mass is 9.91. The number of anilines is 2. The van der Waals surface area contributed by atoms with Crippen molar-refractivity contribution in [3.63, 3.8) is 0 Å². The van der Waals surface area contributed by atoms with Gasteiger partial charge in [0.05, 0.1) is 6.61 Å². The van der Waals surface area contributed by atoms with Gasteiger partial charge in [0.2, 0.25) is 0 Å². The highest BCUT2D eigenvalue weighted by molar-refractivity contribution is 5.58. The van der Waals surface area contributed by atoms with Crippen LogP contribution in [0.25, 0.3) is 0 Å². The van der Waals surface area contributed by atoms with Gasteiger partial charge in [0.1, 0.15) is 17.5 Å². The van der Waals surface area contributed by atoms with E-state index in [1.165, 1.54) is 6.42 Å². The molecule has 6 heteroatoms. The summed E-state index contributed by atoms with van der Waals surface area (Å²) in [4.78, 5) is 10.9. The number of nitrogens with two attached hydrogens (primary N) is 1. The molecule has 1 heterocycles. The molecule has 4 N–H and O–H groups in total. The van der Waals surface area contributed by atoms with Gasteiger partial charge in [-0.25, -0.2) is 15.8 Å². The summed E-state index contributed by atoms with van der Waals surface area (Å²) >= 11 is 0. The van der Waals surface area contributed by atoms with Crippen molar-refractivity contribution in [2.45, 2.75) is 39.2 Å². The normalized spacial score (nSPS) is 15.3. The Kier molecular flexibility index (Phi) is 3.98. The first kappa shape index (κ1) is 13.0. The van der Waals surface area contributed by atoms with Crippen molar-refractivity contribution in [1.29, 1.82) is 0 Å². The second-order valence-corrected chi connectivity index (χ2v) is 4.71. The molecule has 0 saturated heterocycles. The van der Waals surface area contributed by atoms with E-state index in [9.17, 15) is 5.11 Å². The van der Waals surface area contributed by atoms with Crippen molar-refractivity contribution in [3.8, 4) is 0 Å². The molecule has 100 valence electrons. The summed E-state index contributed by atoms with van der Waals surface area (Å²) in [6.07, 6.45) is 3.57. The zero-order valence-electron chi connectivity index (χ0n) is 11.0. The number of aliphatic hydroxyl groups is 1. The van der Waals surface area contributed by atoms with E-state index in [1.807, 2.05) is 13.8 Å². The van der Waals surface area contributed by atoms with E-state index in [4.69, 9.17) is 5.84 Å². The third-order valence-electron chi connectivity index (χ3n) is 3.50. The SMILES string of the molecule is Cc1nc(NN)c(C)c(N(CCO)C2CCC2)n1. The Bertz CT molecular complexity index is 419. The molecule has 2 rings (SSSR count). The van der Waals surface area contributed by atoms with E-state index in [2.05, 4.69) is 20.3 Å². The van der Waals surface area contributed by atoms with Crippen LogP contribution in [-0.2, 0) is 0 Å². The van der Waals surface area contributed by atoms with Crippen molar-refractivity contribution in [2.24, 2.45) is 5.84 Å². The monoisotopic (exact) mass is 251 g/mol. The van der Waals surface area contributed by atoms with Gasteiger partial charge in [0.25, 0.3) is 0 Å². The lowest BCUT2D eigenvalue weighted by Gasteiger charge is -2.39. The summed E-state index contributed by atoms with van der Waals surface area (Å²) in [6, 6.07) is 0.482. The zero-order chi connectivity index (χ0) is 13.1. The second kappa shape index (κ2) is 5.49. The molecule has 18 heavy (non-hydrogen) atoms. The summed E-state index contributed by atoms with van der Waals surface area (Å²) < 4.78 is 0. The van der Waals surface area contributed by atoms with Crippen molar-refractivity contribution < 1.29 is 5.11 Å². The average molecular weight is 251 g/mol. The lowest BCUT2D eigenvalue weighted by molar-refractivity contribution is 0.282. The van der Waals surface area contributed by atoms with Crippen LogP contribution in [0.3, 0.4) is 0 Å². The summed E-state index contributed by atoms with van der Waals surface area (Å²) in [6.45, 7) is 4.53. The molecule has 0 amide bonds. The molecule has 0 bridgehead atoms. The zero-order valence-corrected chi connectivity index (χ0v) is 11.0. The number of hydrogen-bond donors (Lipinski definition) is 3. The molecule has 0 radical (unpaired) electrons. The lowest BCUT2D eigenvalue weighted by Crippen LogP contribution is -2.43. The second-order valence-electron chi connectivity index (χ2n) is 4.71. The summed E-state index contributed by atoms with van der Waals surface area (Å²) in [5, 5.41) is 9.23. The molecular weight excluding hydrogens is 230 g/mol. The quantitative estimate of drug-likeness (QED) is 0.528. The van der Waals surface area contributed by atoms with Gasteiger partial charge in [-0.2, -0.15) is 0 Å². The fraction of sp³-hybridized carbons (Fsp3) is 0.667. The molecule has 0 spiro atoms. The number of hydrogen-bond acceptors (Lipinski definition) is 6. The fourth-order valence-electron chi connectivity index (χ4n) is 2.30.